The van der Waals surface area contributed by atoms with Crippen LogP contribution in [0.1, 0.15) is 38.7 Å². The second-order valence-corrected chi connectivity index (χ2v) is 5.33. The standard InChI is InChI=1S/C14H19F2N/c1-9(2)11-6-12(15)14(16)13(7-11)17-5-4-10(3)8-17/h6-7,9-10H,4-5,8H2,1-3H3/t10-/m0/s1. The first kappa shape index (κ1) is 12.3. The van der Waals surface area contributed by atoms with E-state index in [0.717, 1.165) is 25.1 Å². The number of hydrogen-bond acceptors (Lipinski definition) is 1. The van der Waals surface area contributed by atoms with Crippen molar-refractivity contribution >= 4 is 5.69 Å². The highest BCUT2D eigenvalue weighted by Gasteiger charge is 2.23. The van der Waals surface area contributed by atoms with Crippen LogP contribution >= 0.6 is 0 Å². The molecule has 1 aliphatic rings. The van der Waals surface area contributed by atoms with Crippen LogP contribution in [0.4, 0.5) is 14.5 Å². The smallest absolute Gasteiger partial charge is 0.182 e. The summed E-state index contributed by atoms with van der Waals surface area (Å²) < 4.78 is 27.4. The molecule has 1 fully saturated rings. The Balaban J connectivity index is 2.38. The Hall–Kier alpha value is -1.12. The third-order valence-electron chi connectivity index (χ3n) is 3.46. The van der Waals surface area contributed by atoms with Crippen LogP contribution in [-0.2, 0) is 0 Å². The fraction of sp³-hybridized carbons (Fsp3) is 0.571. The monoisotopic (exact) mass is 239 g/mol. The molecule has 0 aliphatic carbocycles. The van der Waals surface area contributed by atoms with E-state index in [1.54, 1.807) is 6.07 Å². The van der Waals surface area contributed by atoms with Crippen molar-refractivity contribution in [1.29, 1.82) is 0 Å². The van der Waals surface area contributed by atoms with Crippen molar-refractivity contribution in [3.8, 4) is 0 Å². The van der Waals surface area contributed by atoms with E-state index in [0.29, 0.717) is 11.6 Å². The molecule has 1 aromatic carbocycles. The number of benzene rings is 1. The molecular formula is C14H19F2N. The van der Waals surface area contributed by atoms with Crippen molar-refractivity contribution in [2.75, 3.05) is 18.0 Å². The van der Waals surface area contributed by atoms with Crippen LogP contribution in [-0.4, -0.2) is 13.1 Å². The van der Waals surface area contributed by atoms with Gasteiger partial charge in [-0.3, -0.25) is 0 Å². The molecule has 0 saturated carbocycles. The van der Waals surface area contributed by atoms with Gasteiger partial charge in [0.15, 0.2) is 11.6 Å². The first-order chi connectivity index (χ1) is 7.99. The zero-order valence-electron chi connectivity index (χ0n) is 10.6. The van der Waals surface area contributed by atoms with Gasteiger partial charge >= 0.3 is 0 Å². The number of hydrogen-bond donors (Lipinski definition) is 0. The Kier molecular flexibility index (Phi) is 3.36. The van der Waals surface area contributed by atoms with Gasteiger partial charge in [0, 0.05) is 13.1 Å². The van der Waals surface area contributed by atoms with Gasteiger partial charge < -0.3 is 4.90 Å². The van der Waals surface area contributed by atoms with E-state index in [2.05, 4.69) is 6.92 Å². The zero-order valence-corrected chi connectivity index (χ0v) is 10.6. The molecule has 1 heterocycles. The molecule has 2 rings (SSSR count). The minimum Gasteiger partial charge on any atom is -0.369 e. The largest absolute Gasteiger partial charge is 0.369 e. The predicted molar refractivity (Wildman–Crippen MR) is 66.4 cm³/mol. The van der Waals surface area contributed by atoms with Crippen LogP contribution in [0.15, 0.2) is 12.1 Å². The Morgan fingerprint density at radius 1 is 1.29 bits per heavy atom. The zero-order chi connectivity index (χ0) is 12.6. The molecular weight excluding hydrogens is 220 g/mol. The molecule has 3 heteroatoms. The van der Waals surface area contributed by atoms with Gasteiger partial charge in [0.2, 0.25) is 0 Å². The molecule has 1 nitrogen and oxygen atoms in total. The predicted octanol–water partition coefficient (Wildman–Crippen LogP) is 3.93. The Morgan fingerprint density at radius 3 is 2.53 bits per heavy atom. The van der Waals surface area contributed by atoms with Gasteiger partial charge in [0.1, 0.15) is 0 Å². The average Bonchev–Trinajstić information content (AvgIpc) is 2.68. The van der Waals surface area contributed by atoms with E-state index in [9.17, 15) is 8.78 Å². The van der Waals surface area contributed by atoms with Gasteiger partial charge in [0.25, 0.3) is 0 Å². The van der Waals surface area contributed by atoms with Gasteiger partial charge in [-0.15, -0.1) is 0 Å². The van der Waals surface area contributed by atoms with Gasteiger partial charge in [0.05, 0.1) is 5.69 Å². The van der Waals surface area contributed by atoms with E-state index < -0.39 is 11.6 Å². The number of rotatable bonds is 2. The molecule has 17 heavy (non-hydrogen) atoms. The summed E-state index contributed by atoms with van der Waals surface area (Å²) in [5.74, 6) is -0.668. The molecule has 1 saturated heterocycles. The third kappa shape index (κ3) is 2.43. The fourth-order valence-electron chi connectivity index (χ4n) is 2.31. The van der Waals surface area contributed by atoms with Crippen molar-refractivity contribution in [1.82, 2.24) is 0 Å². The van der Waals surface area contributed by atoms with Crippen LogP contribution in [0.5, 0.6) is 0 Å². The minimum absolute atomic E-state index is 0.212. The highest BCUT2D eigenvalue weighted by Crippen LogP contribution is 2.30. The molecule has 0 radical (unpaired) electrons. The van der Waals surface area contributed by atoms with E-state index >= 15 is 0 Å². The maximum absolute atomic E-state index is 13.8. The second-order valence-electron chi connectivity index (χ2n) is 5.33. The summed E-state index contributed by atoms with van der Waals surface area (Å²) in [6.07, 6.45) is 1.05. The molecule has 94 valence electrons. The molecule has 1 atom stereocenters. The van der Waals surface area contributed by atoms with Crippen molar-refractivity contribution in [2.24, 2.45) is 5.92 Å². The summed E-state index contributed by atoms with van der Waals surface area (Å²) >= 11 is 0. The van der Waals surface area contributed by atoms with Crippen molar-refractivity contribution in [3.05, 3.63) is 29.3 Å². The highest BCUT2D eigenvalue weighted by molar-refractivity contribution is 5.52. The van der Waals surface area contributed by atoms with E-state index in [4.69, 9.17) is 0 Å². The van der Waals surface area contributed by atoms with Crippen LogP contribution in [0, 0.1) is 17.6 Å². The minimum atomic E-state index is -0.731. The van der Waals surface area contributed by atoms with Crippen molar-refractivity contribution in [3.63, 3.8) is 0 Å². The second kappa shape index (κ2) is 4.63. The van der Waals surface area contributed by atoms with Crippen LogP contribution in [0.3, 0.4) is 0 Å². The van der Waals surface area contributed by atoms with Gasteiger partial charge in [-0.1, -0.05) is 20.8 Å². The van der Waals surface area contributed by atoms with Gasteiger partial charge in [-0.05, 0) is 36.0 Å². The molecule has 0 unspecified atom stereocenters. The van der Waals surface area contributed by atoms with Crippen molar-refractivity contribution < 1.29 is 8.78 Å². The summed E-state index contributed by atoms with van der Waals surface area (Å²) in [5.41, 5.74) is 1.29. The SMILES string of the molecule is CC(C)c1cc(F)c(F)c(N2CC[C@H](C)C2)c1. The lowest BCUT2D eigenvalue weighted by Crippen LogP contribution is -2.21. The maximum atomic E-state index is 13.8. The van der Waals surface area contributed by atoms with E-state index in [-0.39, 0.29) is 5.92 Å². The quantitative estimate of drug-likeness (QED) is 0.755. The lowest BCUT2D eigenvalue weighted by atomic mass is 10.0. The summed E-state index contributed by atoms with van der Waals surface area (Å²) in [6, 6.07) is 3.10. The molecule has 0 spiro atoms. The average molecular weight is 239 g/mol. The maximum Gasteiger partial charge on any atom is 0.182 e. The van der Waals surface area contributed by atoms with Crippen molar-refractivity contribution in [2.45, 2.75) is 33.1 Å². The topological polar surface area (TPSA) is 3.24 Å². The summed E-state index contributed by atoms with van der Waals surface area (Å²) in [4.78, 5) is 1.95. The van der Waals surface area contributed by atoms with Crippen LogP contribution in [0.25, 0.3) is 0 Å². The fourth-order valence-corrected chi connectivity index (χ4v) is 2.31. The molecule has 1 aliphatic heterocycles. The summed E-state index contributed by atoms with van der Waals surface area (Å²) in [6.45, 7) is 7.75. The number of halogens is 2. The highest BCUT2D eigenvalue weighted by atomic mass is 19.2. The van der Waals surface area contributed by atoms with E-state index in [1.165, 1.54) is 6.07 Å². The molecule has 0 aromatic heterocycles. The van der Waals surface area contributed by atoms with Crippen LogP contribution in [0.2, 0.25) is 0 Å². The summed E-state index contributed by atoms with van der Waals surface area (Å²) in [7, 11) is 0. The first-order valence-corrected chi connectivity index (χ1v) is 6.23. The van der Waals surface area contributed by atoms with Crippen LogP contribution < -0.4 is 4.90 Å². The van der Waals surface area contributed by atoms with E-state index in [1.807, 2.05) is 18.7 Å². The van der Waals surface area contributed by atoms with Gasteiger partial charge in [-0.25, -0.2) is 8.78 Å². The third-order valence-corrected chi connectivity index (χ3v) is 3.46. The first-order valence-electron chi connectivity index (χ1n) is 6.23. The lowest BCUT2D eigenvalue weighted by Gasteiger charge is -2.21. The number of nitrogens with zero attached hydrogens (tertiary/aromatic N) is 1. The molecule has 0 amide bonds. The van der Waals surface area contributed by atoms with Gasteiger partial charge in [-0.2, -0.15) is 0 Å². The Morgan fingerprint density at radius 2 is 2.00 bits per heavy atom. The molecule has 1 aromatic rings. The Labute approximate surface area is 101 Å². The Bertz CT molecular complexity index is 415. The number of anilines is 1. The summed E-state index contributed by atoms with van der Waals surface area (Å²) in [5, 5.41) is 0. The molecule has 0 bridgehead atoms. The normalized spacial score (nSPS) is 20.4. The molecule has 0 N–H and O–H groups in total. The lowest BCUT2D eigenvalue weighted by molar-refractivity contribution is 0.505.